The third-order valence-electron chi connectivity index (χ3n) is 8.30. The lowest BCUT2D eigenvalue weighted by Crippen LogP contribution is -2.58. The molecule has 3 aliphatic carbocycles. The lowest BCUT2D eigenvalue weighted by molar-refractivity contribution is -0.172. The fourth-order valence-electron chi connectivity index (χ4n) is 6.73. The molecule has 0 aromatic carbocycles. The molecule has 2 unspecified atom stereocenters. The predicted molar refractivity (Wildman–Crippen MR) is 106 cm³/mol. The highest BCUT2D eigenvalue weighted by atomic mass is 16.5. The lowest BCUT2D eigenvalue weighted by atomic mass is 9.45. The summed E-state index contributed by atoms with van der Waals surface area (Å²) in [6.07, 6.45) is 7.43. The number of rotatable bonds is 4. The van der Waals surface area contributed by atoms with Crippen LogP contribution >= 0.6 is 0 Å². The molecule has 0 amide bonds. The van der Waals surface area contributed by atoms with Gasteiger partial charge in [-0.25, -0.2) is 0 Å². The Morgan fingerprint density at radius 1 is 1.30 bits per heavy atom. The largest absolute Gasteiger partial charge is 0.469 e. The Balaban J connectivity index is 2.02. The molecule has 2 fully saturated rings. The van der Waals surface area contributed by atoms with Gasteiger partial charge in [-0.1, -0.05) is 33.3 Å². The van der Waals surface area contributed by atoms with E-state index >= 15 is 0 Å². The topological polar surface area (TPSA) is 55.8 Å². The molecule has 2 saturated carbocycles. The first-order valence-corrected chi connectivity index (χ1v) is 10.8. The van der Waals surface area contributed by atoms with Crippen LogP contribution in [0.25, 0.3) is 0 Å². The van der Waals surface area contributed by atoms with Crippen molar-refractivity contribution in [3.8, 4) is 0 Å². The van der Waals surface area contributed by atoms with E-state index in [1.54, 1.807) is 0 Å². The Labute approximate surface area is 164 Å². The van der Waals surface area contributed by atoms with Crippen molar-refractivity contribution in [1.29, 1.82) is 0 Å². The van der Waals surface area contributed by atoms with Crippen molar-refractivity contribution in [2.45, 2.75) is 84.8 Å². The molecular weight excluding hydrogens is 340 g/mol. The second-order valence-corrected chi connectivity index (χ2v) is 9.85. The quantitative estimate of drug-likeness (QED) is 0.578. The summed E-state index contributed by atoms with van der Waals surface area (Å²) < 4.78 is 11.4. The number of carbonyl (C=O) groups is 1. The van der Waals surface area contributed by atoms with Crippen molar-refractivity contribution in [1.82, 2.24) is 0 Å². The number of hydrogen-bond donors (Lipinski definition) is 1. The van der Waals surface area contributed by atoms with Crippen LogP contribution in [0.5, 0.6) is 0 Å². The minimum Gasteiger partial charge on any atom is -0.469 e. The van der Waals surface area contributed by atoms with Crippen molar-refractivity contribution in [2.24, 2.45) is 28.6 Å². The summed E-state index contributed by atoms with van der Waals surface area (Å²) in [4.78, 5) is 12.7. The second kappa shape index (κ2) is 7.18. The Morgan fingerprint density at radius 2 is 2.00 bits per heavy atom. The van der Waals surface area contributed by atoms with E-state index in [9.17, 15) is 9.90 Å². The van der Waals surface area contributed by atoms with E-state index in [1.807, 2.05) is 6.92 Å². The van der Waals surface area contributed by atoms with Crippen LogP contribution in [0, 0.1) is 28.6 Å². The molecule has 1 N–H and O–H groups in total. The van der Waals surface area contributed by atoms with Crippen LogP contribution in [0.3, 0.4) is 0 Å². The van der Waals surface area contributed by atoms with Crippen LogP contribution in [0.1, 0.15) is 73.1 Å². The van der Waals surface area contributed by atoms with E-state index in [0.29, 0.717) is 24.9 Å². The molecule has 0 heterocycles. The third-order valence-corrected chi connectivity index (χ3v) is 8.30. The molecule has 0 aromatic heterocycles. The Hall–Kier alpha value is -0.870. The fourth-order valence-corrected chi connectivity index (χ4v) is 6.73. The van der Waals surface area contributed by atoms with Crippen LogP contribution < -0.4 is 0 Å². The molecule has 3 rings (SSSR count). The summed E-state index contributed by atoms with van der Waals surface area (Å²) in [6, 6.07) is 0. The zero-order valence-corrected chi connectivity index (χ0v) is 18.0. The number of methoxy groups -OCH3 is 1. The van der Waals surface area contributed by atoms with E-state index in [1.165, 1.54) is 7.11 Å². The maximum atomic E-state index is 12.7. The van der Waals surface area contributed by atoms with Crippen molar-refractivity contribution in [3.05, 3.63) is 11.6 Å². The highest BCUT2D eigenvalue weighted by Gasteiger charge is 2.61. The van der Waals surface area contributed by atoms with Gasteiger partial charge in [-0.05, 0) is 74.7 Å². The summed E-state index contributed by atoms with van der Waals surface area (Å²) >= 11 is 0. The van der Waals surface area contributed by atoms with Crippen LogP contribution in [0.15, 0.2) is 11.6 Å². The first-order valence-electron chi connectivity index (χ1n) is 10.8. The molecule has 154 valence electrons. The van der Waals surface area contributed by atoms with E-state index in [0.717, 1.165) is 37.7 Å². The van der Waals surface area contributed by atoms with Gasteiger partial charge in [0.15, 0.2) is 0 Å². The minimum atomic E-state index is -0.499. The molecule has 0 bridgehead atoms. The van der Waals surface area contributed by atoms with Crippen molar-refractivity contribution >= 4 is 5.97 Å². The van der Waals surface area contributed by atoms with E-state index < -0.39 is 11.5 Å². The predicted octanol–water partition coefficient (Wildman–Crippen LogP) is 4.50. The van der Waals surface area contributed by atoms with Crippen LogP contribution in [0.2, 0.25) is 0 Å². The third kappa shape index (κ3) is 3.07. The van der Waals surface area contributed by atoms with Crippen molar-refractivity contribution in [2.75, 3.05) is 13.7 Å². The van der Waals surface area contributed by atoms with Crippen LogP contribution in [-0.2, 0) is 14.3 Å². The minimum absolute atomic E-state index is 0.0294. The van der Waals surface area contributed by atoms with Gasteiger partial charge in [-0.2, -0.15) is 0 Å². The van der Waals surface area contributed by atoms with Crippen molar-refractivity contribution < 1.29 is 19.4 Å². The maximum Gasteiger partial charge on any atom is 0.311 e. The first kappa shape index (κ1) is 20.9. The van der Waals surface area contributed by atoms with Crippen molar-refractivity contribution in [3.63, 3.8) is 0 Å². The molecule has 0 radical (unpaired) electrons. The Morgan fingerprint density at radius 3 is 2.59 bits per heavy atom. The van der Waals surface area contributed by atoms with Crippen LogP contribution in [0.4, 0.5) is 0 Å². The maximum absolute atomic E-state index is 12.7. The summed E-state index contributed by atoms with van der Waals surface area (Å²) in [5.74, 6) is 0.736. The normalized spacial score (nSPS) is 44.3. The molecule has 3 aliphatic rings. The second-order valence-electron chi connectivity index (χ2n) is 9.85. The molecule has 6 atom stereocenters. The number of fused-ring (bicyclic) bond motifs is 3. The van der Waals surface area contributed by atoms with Gasteiger partial charge in [0.1, 0.15) is 0 Å². The van der Waals surface area contributed by atoms with E-state index in [4.69, 9.17) is 9.47 Å². The monoisotopic (exact) mass is 378 g/mol. The number of esters is 1. The Bertz CT molecular complexity index is 611. The summed E-state index contributed by atoms with van der Waals surface area (Å²) in [5.41, 5.74) is 0.421. The number of carbonyl (C=O) groups excluding carboxylic acids is 1. The summed E-state index contributed by atoms with van der Waals surface area (Å²) in [6.45, 7) is 11.6. The first-order chi connectivity index (χ1) is 12.6. The summed E-state index contributed by atoms with van der Waals surface area (Å²) in [5, 5.41) is 11.2. The van der Waals surface area contributed by atoms with Gasteiger partial charge in [0, 0.05) is 6.61 Å². The van der Waals surface area contributed by atoms with Gasteiger partial charge in [0.2, 0.25) is 0 Å². The highest BCUT2D eigenvalue weighted by Crippen LogP contribution is 2.64. The SMILES string of the molecule is CCO[C@]1(C(C)C)C=C2C(CC1)[C@@]1(C)CCC[C@@](C)(C(=O)OC)C1C[C@H]2O. The average Bonchev–Trinajstić information content (AvgIpc) is 2.63. The van der Waals surface area contributed by atoms with Gasteiger partial charge in [-0.3, -0.25) is 4.79 Å². The van der Waals surface area contributed by atoms with Gasteiger partial charge >= 0.3 is 5.97 Å². The van der Waals surface area contributed by atoms with Crippen LogP contribution in [-0.4, -0.2) is 36.5 Å². The molecular formula is C23H38O4. The molecule has 0 aliphatic heterocycles. The number of hydrogen-bond acceptors (Lipinski definition) is 4. The van der Waals surface area contributed by atoms with E-state index in [-0.39, 0.29) is 22.9 Å². The van der Waals surface area contributed by atoms with Gasteiger partial charge in [0.25, 0.3) is 0 Å². The lowest BCUT2D eigenvalue weighted by Gasteiger charge is -2.60. The zero-order valence-electron chi connectivity index (χ0n) is 18.0. The molecule has 4 heteroatoms. The average molecular weight is 379 g/mol. The van der Waals surface area contributed by atoms with E-state index in [2.05, 4.69) is 33.8 Å². The Kier molecular flexibility index (Phi) is 5.55. The smallest absolute Gasteiger partial charge is 0.311 e. The molecule has 0 saturated heterocycles. The zero-order chi connectivity index (χ0) is 20.0. The fraction of sp³-hybridized carbons (Fsp3) is 0.870. The van der Waals surface area contributed by atoms with Gasteiger partial charge in [0.05, 0.1) is 24.2 Å². The molecule has 0 aromatic rings. The number of aliphatic hydroxyl groups is 1. The summed E-state index contributed by atoms with van der Waals surface area (Å²) in [7, 11) is 1.49. The van der Waals surface area contributed by atoms with Gasteiger partial charge in [-0.15, -0.1) is 0 Å². The highest BCUT2D eigenvalue weighted by molar-refractivity contribution is 5.77. The molecule has 0 spiro atoms. The number of ether oxygens (including phenoxy) is 2. The number of aliphatic hydroxyl groups excluding tert-OH is 1. The standard InChI is InChI=1S/C23H38O4/c1-7-27-23(15(2)3)12-9-17-16(14-23)18(24)13-19-21(17,4)10-8-11-22(19,5)20(25)26-6/h14-15,17-19,24H,7-13H2,1-6H3/t17?,18-,19?,21-,22-,23+/m1/s1. The molecule has 27 heavy (non-hydrogen) atoms. The molecule has 4 nitrogen and oxygen atoms in total. The van der Waals surface area contributed by atoms with Gasteiger partial charge < -0.3 is 14.6 Å².